The Hall–Kier alpha value is -2.31. The van der Waals surface area contributed by atoms with Gasteiger partial charge >= 0.3 is 0 Å². The molecule has 0 bridgehead atoms. The van der Waals surface area contributed by atoms with Crippen LogP contribution in [-0.2, 0) is 13.1 Å². The lowest BCUT2D eigenvalue weighted by atomic mass is 10.2. The fourth-order valence-corrected chi connectivity index (χ4v) is 2.97. The van der Waals surface area contributed by atoms with Crippen LogP contribution < -0.4 is 5.32 Å². The maximum Gasteiger partial charge on any atom is 0.275 e. The fourth-order valence-electron chi connectivity index (χ4n) is 2.50. The summed E-state index contributed by atoms with van der Waals surface area (Å²) in [6.07, 6.45) is 1.60. The van der Waals surface area contributed by atoms with E-state index in [1.165, 1.54) is 0 Å². The Morgan fingerprint density at radius 1 is 1.20 bits per heavy atom. The lowest BCUT2D eigenvalue weighted by Gasteiger charge is -2.07. The highest BCUT2D eigenvalue weighted by molar-refractivity contribution is 6.35. The molecule has 6 nitrogen and oxygen atoms in total. The van der Waals surface area contributed by atoms with Gasteiger partial charge < -0.3 is 5.32 Å². The second-order valence-electron chi connectivity index (χ2n) is 5.55. The first-order valence-corrected chi connectivity index (χ1v) is 8.55. The molecule has 1 aromatic carbocycles. The molecule has 3 rings (SSSR count). The molecule has 0 aliphatic carbocycles. The smallest absolute Gasteiger partial charge is 0.275 e. The normalized spacial score (nSPS) is 10.9. The molecule has 0 aliphatic rings. The summed E-state index contributed by atoms with van der Waals surface area (Å²) in [5.74, 6) is 0.241. The van der Waals surface area contributed by atoms with Gasteiger partial charge in [-0.1, -0.05) is 29.3 Å². The molecule has 0 saturated carbocycles. The van der Waals surface area contributed by atoms with Crippen LogP contribution in [0.25, 0.3) is 0 Å². The minimum absolute atomic E-state index is 0.242. The van der Waals surface area contributed by atoms with Gasteiger partial charge in [0, 0.05) is 34.5 Å². The number of benzene rings is 1. The van der Waals surface area contributed by atoms with Gasteiger partial charge in [0.1, 0.15) is 5.69 Å². The third-order valence-corrected chi connectivity index (χ3v) is 4.39. The van der Waals surface area contributed by atoms with E-state index in [4.69, 9.17) is 23.2 Å². The van der Waals surface area contributed by atoms with Gasteiger partial charge in [0.05, 0.1) is 6.54 Å². The van der Waals surface area contributed by atoms with Gasteiger partial charge in [-0.25, -0.2) is 0 Å². The number of aryl methyl sites for hydroxylation is 2. The molecular formula is C17H17Cl2N5O. The Morgan fingerprint density at radius 3 is 2.72 bits per heavy atom. The monoisotopic (exact) mass is 377 g/mol. The van der Waals surface area contributed by atoms with E-state index in [0.29, 0.717) is 34.6 Å². The number of rotatable bonds is 5. The number of amides is 1. The van der Waals surface area contributed by atoms with Crippen LogP contribution in [0.3, 0.4) is 0 Å². The lowest BCUT2D eigenvalue weighted by molar-refractivity contribution is 0.101. The van der Waals surface area contributed by atoms with Crippen LogP contribution in [0.4, 0.5) is 5.82 Å². The van der Waals surface area contributed by atoms with Crippen molar-refractivity contribution in [3.8, 4) is 0 Å². The van der Waals surface area contributed by atoms with Crippen molar-refractivity contribution in [1.29, 1.82) is 0 Å². The second-order valence-corrected chi connectivity index (χ2v) is 6.39. The summed E-state index contributed by atoms with van der Waals surface area (Å²) in [7, 11) is 0. The average molecular weight is 378 g/mol. The van der Waals surface area contributed by atoms with Crippen LogP contribution in [0, 0.1) is 6.92 Å². The third kappa shape index (κ3) is 3.86. The Morgan fingerprint density at radius 2 is 2.00 bits per heavy atom. The number of nitrogens with one attached hydrogen (secondary N) is 1. The van der Waals surface area contributed by atoms with E-state index in [1.54, 1.807) is 33.8 Å². The highest BCUT2D eigenvalue weighted by atomic mass is 35.5. The van der Waals surface area contributed by atoms with Crippen LogP contribution in [0.2, 0.25) is 10.0 Å². The quantitative estimate of drug-likeness (QED) is 0.730. The lowest BCUT2D eigenvalue weighted by Crippen LogP contribution is -2.17. The molecule has 1 amide bonds. The van der Waals surface area contributed by atoms with E-state index in [0.717, 1.165) is 11.3 Å². The molecule has 0 radical (unpaired) electrons. The van der Waals surface area contributed by atoms with Crippen molar-refractivity contribution in [3.63, 3.8) is 0 Å². The minimum Gasteiger partial charge on any atom is -0.304 e. The molecule has 25 heavy (non-hydrogen) atoms. The summed E-state index contributed by atoms with van der Waals surface area (Å²) in [6, 6.07) is 8.84. The van der Waals surface area contributed by atoms with Gasteiger partial charge in [-0.15, -0.1) is 0 Å². The first-order valence-electron chi connectivity index (χ1n) is 7.79. The Labute approximate surface area is 155 Å². The summed E-state index contributed by atoms with van der Waals surface area (Å²) in [4.78, 5) is 12.4. The highest BCUT2D eigenvalue weighted by Gasteiger charge is 2.14. The molecule has 130 valence electrons. The van der Waals surface area contributed by atoms with Crippen LogP contribution in [0.1, 0.15) is 28.7 Å². The Bertz CT molecular complexity index is 916. The SMILES string of the molecule is CCn1nccc1C(=O)Nc1cc(C)n(Cc2ccc(Cl)cc2Cl)n1. The van der Waals surface area contributed by atoms with E-state index in [1.807, 2.05) is 26.0 Å². The molecule has 0 saturated heterocycles. The molecule has 3 aromatic rings. The maximum absolute atomic E-state index is 12.4. The summed E-state index contributed by atoms with van der Waals surface area (Å²) in [5, 5.41) is 12.5. The van der Waals surface area contributed by atoms with E-state index in [2.05, 4.69) is 15.5 Å². The molecule has 0 spiro atoms. The van der Waals surface area contributed by atoms with Crippen molar-refractivity contribution in [2.75, 3.05) is 5.32 Å². The molecule has 8 heteroatoms. The van der Waals surface area contributed by atoms with Crippen LogP contribution >= 0.6 is 23.2 Å². The zero-order valence-electron chi connectivity index (χ0n) is 13.8. The van der Waals surface area contributed by atoms with Gasteiger partial charge in [-0.05, 0) is 37.6 Å². The highest BCUT2D eigenvalue weighted by Crippen LogP contribution is 2.22. The Kier molecular flexibility index (Phi) is 5.11. The molecule has 2 aromatic heterocycles. The van der Waals surface area contributed by atoms with Crippen molar-refractivity contribution >= 4 is 34.9 Å². The summed E-state index contributed by atoms with van der Waals surface area (Å²) >= 11 is 12.1. The predicted molar refractivity (Wildman–Crippen MR) is 98.4 cm³/mol. The topological polar surface area (TPSA) is 64.7 Å². The van der Waals surface area contributed by atoms with Crippen LogP contribution in [-0.4, -0.2) is 25.5 Å². The third-order valence-electron chi connectivity index (χ3n) is 3.81. The van der Waals surface area contributed by atoms with E-state index in [9.17, 15) is 4.79 Å². The summed E-state index contributed by atoms with van der Waals surface area (Å²) in [6.45, 7) is 4.96. The molecule has 0 atom stereocenters. The van der Waals surface area contributed by atoms with Crippen LogP contribution in [0.5, 0.6) is 0 Å². The van der Waals surface area contributed by atoms with E-state index < -0.39 is 0 Å². The molecule has 1 N–H and O–H groups in total. The average Bonchev–Trinajstić information content (AvgIpc) is 3.17. The summed E-state index contributed by atoms with van der Waals surface area (Å²) < 4.78 is 3.41. The fraction of sp³-hybridized carbons (Fsp3) is 0.235. The van der Waals surface area contributed by atoms with Gasteiger partial charge in [0.2, 0.25) is 0 Å². The molecule has 0 fully saturated rings. The summed E-state index contributed by atoms with van der Waals surface area (Å²) in [5.41, 5.74) is 2.31. The number of hydrogen-bond donors (Lipinski definition) is 1. The van der Waals surface area contributed by atoms with E-state index >= 15 is 0 Å². The zero-order valence-corrected chi connectivity index (χ0v) is 15.3. The number of anilines is 1. The number of carbonyl (C=O) groups excluding carboxylic acids is 1. The molecular weight excluding hydrogens is 361 g/mol. The van der Waals surface area contributed by atoms with Gasteiger partial charge in [0.25, 0.3) is 5.91 Å². The minimum atomic E-state index is -0.242. The first-order chi connectivity index (χ1) is 12.0. The largest absolute Gasteiger partial charge is 0.304 e. The number of halogens is 2. The van der Waals surface area contributed by atoms with Crippen molar-refractivity contribution < 1.29 is 4.79 Å². The maximum atomic E-state index is 12.4. The van der Waals surface area contributed by atoms with Gasteiger partial charge in [-0.2, -0.15) is 10.2 Å². The van der Waals surface area contributed by atoms with Gasteiger partial charge in [0.15, 0.2) is 5.82 Å². The zero-order chi connectivity index (χ0) is 18.0. The van der Waals surface area contributed by atoms with E-state index in [-0.39, 0.29) is 5.91 Å². The van der Waals surface area contributed by atoms with Crippen molar-refractivity contribution in [2.45, 2.75) is 26.9 Å². The number of nitrogens with zero attached hydrogens (tertiary/aromatic N) is 4. The number of aromatic nitrogens is 4. The molecule has 0 aliphatic heterocycles. The predicted octanol–water partition coefficient (Wildman–Crippen LogP) is 4.02. The number of hydrogen-bond acceptors (Lipinski definition) is 3. The van der Waals surface area contributed by atoms with Crippen molar-refractivity contribution in [3.05, 3.63) is 63.5 Å². The van der Waals surface area contributed by atoms with Crippen molar-refractivity contribution in [1.82, 2.24) is 19.6 Å². The number of carbonyl (C=O) groups is 1. The molecule has 0 unspecified atom stereocenters. The van der Waals surface area contributed by atoms with Gasteiger partial charge in [-0.3, -0.25) is 14.2 Å². The van der Waals surface area contributed by atoms with Crippen LogP contribution in [0.15, 0.2) is 36.5 Å². The first kappa shape index (κ1) is 17.5. The standard InChI is InChI=1S/C17H17Cl2N5O/c1-3-23-15(6-7-20-23)17(25)21-16-8-11(2)24(22-16)10-12-4-5-13(18)9-14(12)19/h4-9H,3,10H2,1-2H3,(H,21,22,25). The molecule has 2 heterocycles. The van der Waals surface area contributed by atoms with Crippen molar-refractivity contribution in [2.24, 2.45) is 0 Å². The Balaban J connectivity index is 1.77. The second kappa shape index (κ2) is 7.29.